The first kappa shape index (κ1) is 24.5. The van der Waals surface area contributed by atoms with E-state index in [9.17, 15) is 9.90 Å². The van der Waals surface area contributed by atoms with Crippen molar-refractivity contribution in [2.45, 2.75) is 45.1 Å². The molecule has 0 saturated carbocycles. The van der Waals surface area contributed by atoms with Gasteiger partial charge in [-0.3, -0.25) is 4.72 Å². The van der Waals surface area contributed by atoms with E-state index in [-0.39, 0.29) is 11.6 Å². The lowest BCUT2D eigenvalue weighted by atomic mass is 10.00. The van der Waals surface area contributed by atoms with Crippen molar-refractivity contribution in [3.63, 3.8) is 0 Å². The van der Waals surface area contributed by atoms with E-state index < -0.39 is 5.97 Å². The highest BCUT2D eigenvalue weighted by Crippen LogP contribution is 2.30. The molecule has 1 aromatic heterocycles. The second-order valence-electron chi connectivity index (χ2n) is 8.42. The third kappa shape index (κ3) is 6.94. The van der Waals surface area contributed by atoms with Crippen LogP contribution in [-0.2, 0) is 0 Å². The third-order valence-electron chi connectivity index (χ3n) is 5.00. The molecule has 3 aromatic rings. The fraction of sp³-hybridized carbons (Fsp3) is 0.320. The van der Waals surface area contributed by atoms with E-state index in [4.69, 9.17) is 15.5 Å². The molecule has 0 radical (unpaired) electrons. The quantitative estimate of drug-likeness (QED) is 0.344. The summed E-state index contributed by atoms with van der Waals surface area (Å²) in [5, 5.41) is 9.22. The minimum atomic E-state index is -0.973. The van der Waals surface area contributed by atoms with Crippen LogP contribution in [0, 0.1) is 19.8 Å². The van der Waals surface area contributed by atoms with Crippen molar-refractivity contribution in [1.29, 1.82) is 0 Å². The number of hydrogen-bond acceptors (Lipinski definition) is 7. The number of carbonyl (C=O) groups is 1. The topological polar surface area (TPSA) is 110 Å². The van der Waals surface area contributed by atoms with Gasteiger partial charge < -0.3 is 15.6 Å². The van der Waals surface area contributed by atoms with E-state index in [0.717, 1.165) is 33.7 Å². The van der Waals surface area contributed by atoms with Gasteiger partial charge in [-0.15, -0.1) is 0 Å². The summed E-state index contributed by atoms with van der Waals surface area (Å²) in [7, 11) is 0. The molecule has 4 N–H and O–H groups in total. The lowest BCUT2D eigenvalue weighted by molar-refractivity contribution is 0.0696. The number of nitrogens with one attached hydrogen (secondary N) is 1. The van der Waals surface area contributed by atoms with Gasteiger partial charge in [-0.25, -0.2) is 9.78 Å². The molecule has 0 spiro atoms. The van der Waals surface area contributed by atoms with E-state index in [1.54, 1.807) is 18.2 Å². The molecule has 0 aliphatic heterocycles. The molecule has 0 saturated heterocycles. The van der Waals surface area contributed by atoms with Gasteiger partial charge in [0.1, 0.15) is 6.61 Å². The Kier molecular flexibility index (Phi) is 8.30. The van der Waals surface area contributed by atoms with Gasteiger partial charge in [0.05, 0.1) is 11.3 Å². The molecular weight excluding hydrogens is 436 g/mol. The smallest absolute Gasteiger partial charge is 0.335 e. The molecule has 1 unspecified atom stereocenters. The second kappa shape index (κ2) is 11.2. The van der Waals surface area contributed by atoms with Crippen molar-refractivity contribution >= 4 is 23.9 Å². The van der Waals surface area contributed by atoms with Crippen molar-refractivity contribution in [2.75, 3.05) is 11.3 Å². The molecule has 0 aliphatic carbocycles. The molecule has 1 atom stereocenters. The number of carboxylic acid groups (broad SMARTS) is 1. The summed E-state index contributed by atoms with van der Waals surface area (Å²) in [6.45, 7) is 8.70. The van der Waals surface area contributed by atoms with E-state index in [0.29, 0.717) is 24.4 Å². The van der Waals surface area contributed by atoms with Gasteiger partial charge in [-0.1, -0.05) is 38.1 Å². The standard InChI is InChI=1S/C25H30N4O3S/c1-15(2)11-19(26)14-32-22-13-21(23-16(3)7-5-8-17(23)4)27-25(28-22)29-33-20-10-6-9-18(12-20)24(30)31/h5-10,12-13,15,19H,11,14,26H2,1-4H3,(H,30,31)(H,27,28,29). The Labute approximate surface area is 198 Å². The largest absolute Gasteiger partial charge is 0.478 e. The summed E-state index contributed by atoms with van der Waals surface area (Å²) in [5.74, 6) is 0.311. The Morgan fingerprint density at radius 1 is 1.12 bits per heavy atom. The normalized spacial score (nSPS) is 11.9. The van der Waals surface area contributed by atoms with Crippen molar-refractivity contribution in [2.24, 2.45) is 11.7 Å². The number of benzene rings is 2. The van der Waals surface area contributed by atoms with Crippen LogP contribution in [-0.4, -0.2) is 33.7 Å². The number of ether oxygens (including phenoxy) is 1. The summed E-state index contributed by atoms with van der Waals surface area (Å²) in [4.78, 5) is 21.2. The van der Waals surface area contributed by atoms with Gasteiger partial charge >= 0.3 is 5.97 Å². The van der Waals surface area contributed by atoms with E-state index in [2.05, 4.69) is 23.6 Å². The number of anilines is 1. The number of aromatic nitrogens is 2. The minimum Gasteiger partial charge on any atom is -0.478 e. The van der Waals surface area contributed by atoms with Crippen LogP contribution in [0.25, 0.3) is 11.3 Å². The van der Waals surface area contributed by atoms with Gasteiger partial charge in [0.2, 0.25) is 11.8 Å². The SMILES string of the molecule is Cc1cccc(C)c1-c1cc(OCC(N)CC(C)C)nc(NSc2cccc(C(=O)O)c2)n1. The zero-order valence-electron chi connectivity index (χ0n) is 19.3. The summed E-state index contributed by atoms with van der Waals surface area (Å²) in [6, 6.07) is 14.5. The van der Waals surface area contributed by atoms with Crippen molar-refractivity contribution in [3.05, 3.63) is 65.2 Å². The average Bonchev–Trinajstić information content (AvgIpc) is 2.76. The third-order valence-corrected chi connectivity index (χ3v) is 5.77. The number of nitrogens with two attached hydrogens (primary N) is 1. The number of carboxylic acids is 1. The minimum absolute atomic E-state index is 0.0897. The van der Waals surface area contributed by atoms with E-state index in [1.807, 2.05) is 44.2 Å². The van der Waals surface area contributed by atoms with Crippen LogP contribution in [0.2, 0.25) is 0 Å². The van der Waals surface area contributed by atoms with Crippen LogP contribution < -0.4 is 15.2 Å². The highest BCUT2D eigenvalue weighted by Gasteiger charge is 2.14. The maximum atomic E-state index is 11.2. The predicted octanol–water partition coefficient (Wildman–Crippen LogP) is 5.33. The fourth-order valence-electron chi connectivity index (χ4n) is 3.55. The summed E-state index contributed by atoms with van der Waals surface area (Å²) < 4.78 is 9.08. The molecule has 0 bridgehead atoms. The van der Waals surface area contributed by atoms with Gasteiger partial charge in [0.15, 0.2) is 0 Å². The number of rotatable bonds is 10. The van der Waals surface area contributed by atoms with Gasteiger partial charge in [-0.2, -0.15) is 4.98 Å². The molecule has 3 rings (SSSR count). The lowest BCUT2D eigenvalue weighted by Gasteiger charge is -2.16. The van der Waals surface area contributed by atoms with E-state index in [1.165, 1.54) is 11.9 Å². The number of aromatic carboxylic acids is 1. The van der Waals surface area contributed by atoms with Gasteiger partial charge in [0.25, 0.3) is 0 Å². The molecule has 1 heterocycles. The first-order valence-electron chi connectivity index (χ1n) is 10.8. The van der Waals surface area contributed by atoms with Crippen molar-refractivity contribution < 1.29 is 14.6 Å². The summed E-state index contributed by atoms with van der Waals surface area (Å²) in [6.07, 6.45) is 0.857. The monoisotopic (exact) mass is 466 g/mol. The Hall–Kier alpha value is -3.10. The Morgan fingerprint density at radius 3 is 2.48 bits per heavy atom. The zero-order valence-corrected chi connectivity index (χ0v) is 20.1. The van der Waals surface area contributed by atoms with Crippen LogP contribution in [0.5, 0.6) is 5.88 Å². The Balaban J connectivity index is 1.88. The second-order valence-corrected chi connectivity index (χ2v) is 9.30. The molecule has 8 heteroatoms. The lowest BCUT2D eigenvalue weighted by Crippen LogP contribution is -2.29. The van der Waals surface area contributed by atoms with Crippen molar-refractivity contribution in [1.82, 2.24) is 9.97 Å². The van der Waals surface area contributed by atoms with E-state index >= 15 is 0 Å². The maximum Gasteiger partial charge on any atom is 0.335 e. The molecular formula is C25H30N4O3S. The molecule has 0 aliphatic rings. The fourth-order valence-corrected chi connectivity index (χ4v) is 4.19. The van der Waals surface area contributed by atoms with Crippen molar-refractivity contribution in [3.8, 4) is 17.1 Å². The summed E-state index contributed by atoms with van der Waals surface area (Å²) in [5.41, 5.74) is 10.4. The maximum absolute atomic E-state index is 11.2. The molecule has 174 valence electrons. The van der Waals surface area contributed by atoms with Gasteiger partial charge in [0, 0.05) is 22.6 Å². The highest BCUT2D eigenvalue weighted by molar-refractivity contribution is 8.00. The zero-order chi connectivity index (χ0) is 24.0. The number of aryl methyl sites for hydroxylation is 2. The van der Waals surface area contributed by atoms with Crippen LogP contribution in [0.15, 0.2) is 53.4 Å². The Morgan fingerprint density at radius 2 is 1.82 bits per heavy atom. The van der Waals surface area contributed by atoms with Crippen LogP contribution in [0.1, 0.15) is 41.8 Å². The molecule has 7 nitrogen and oxygen atoms in total. The first-order chi connectivity index (χ1) is 15.7. The average molecular weight is 467 g/mol. The number of nitrogens with zero attached hydrogens (tertiary/aromatic N) is 2. The molecule has 0 fully saturated rings. The van der Waals surface area contributed by atoms with Gasteiger partial charge in [-0.05, 0) is 67.5 Å². The van der Waals surface area contributed by atoms with Crippen LogP contribution in [0.3, 0.4) is 0 Å². The first-order valence-corrected chi connectivity index (χ1v) is 11.6. The highest BCUT2D eigenvalue weighted by atomic mass is 32.2. The molecule has 33 heavy (non-hydrogen) atoms. The molecule has 0 amide bonds. The van der Waals surface area contributed by atoms with Crippen LogP contribution in [0.4, 0.5) is 5.95 Å². The molecule has 2 aromatic carbocycles. The Bertz CT molecular complexity index is 1100. The predicted molar refractivity (Wildman–Crippen MR) is 133 cm³/mol. The number of hydrogen-bond donors (Lipinski definition) is 3. The summed E-state index contributed by atoms with van der Waals surface area (Å²) >= 11 is 1.24. The van der Waals surface area contributed by atoms with Crippen LogP contribution >= 0.6 is 11.9 Å².